The van der Waals surface area contributed by atoms with Crippen LogP contribution in [0.15, 0.2) is 12.4 Å². The van der Waals surface area contributed by atoms with E-state index < -0.39 is 0 Å². The largest absolute Gasteiger partial charge is 0.364 e. The molecule has 0 aromatic rings. The van der Waals surface area contributed by atoms with E-state index in [1.807, 2.05) is 0 Å². The molecule has 0 unspecified atom stereocenters. The number of rotatable bonds is 1. The van der Waals surface area contributed by atoms with Gasteiger partial charge in [0.2, 0.25) is 0 Å². The van der Waals surface area contributed by atoms with Crippen molar-refractivity contribution in [1.29, 1.82) is 0 Å². The van der Waals surface area contributed by atoms with Crippen molar-refractivity contribution >= 4 is 6.29 Å². The van der Waals surface area contributed by atoms with E-state index in [9.17, 15) is 4.79 Å². The number of hydrogen-bond acceptors (Lipinski definition) is 3. The van der Waals surface area contributed by atoms with Gasteiger partial charge in [-0.2, -0.15) is 0 Å². The molecule has 1 rings (SSSR count). The summed E-state index contributed by atoms with van der Waals surface area (Å²) < 4.78 is 0. The quantitative estimate of drug-likeness (QED) is 0.421. The molecule has 3 nitrogen and oxygen atoms in total. The molecule has 0 saturated heterocycles. The van der Waals surface area contributed by atoms with Crippen LogP contribution in [0.25, 0.3) is 0 Å². The van der Waals surface area contributed by atoms with Gasteiger partial charge in [-0.25, -0.2) is 0 Å². The van der Waals surface area contributed by atoms with Crippen molar-refractivity contribution in [1.82, 2.24) is 10.6 Å². The first-order valence-corrected chi connectivity index (χ1v) is 2.06. The van der Waals surface area contributed by atoms with Crippen molar-refractivity contribution in [3.8, 4) is 0 Å². The van der Waals surface area contributed by atoms with Crippen molar-refractivity contribution in [2.45, 2.75) is 6.17 Å². The van der Waals surface area contributed by atoms with Gasteiger partial charge in [0.1, 0.15) is 0 Å². The topological polar surface area (TPSA) is 41.1 Å². The van der Waals surface area contributed by atoms with Gasteiger partial charge in [0.25, 0.3) is 0 Å². The zero-order chi connectivity index (χ0) is 5.11. The third-order valence-electron chi connectivity index (χ3n) is 0.771. The van der Waals surface area contributed by atoms with Gasteiger partial charge in [0.15, 0.2) is 12.5 Å². The summed E-state index contributed by atoms with van der Waals surface area (Å²) in [6.07, 6.45) is 4.00. The van der Waals surface area contributed by atoms with E-state index in [0.29, 0.717) is 0 Å². The Morgan fingerprint density at radius 3 is 2.29 bits per heavy atom. The molecule has 0 saturated carbocycles. The van der Waals surface area contributed by atoms with E-state index in [1.54, 1.807) is 12.4 Å². The minimum absolute atomic E-state index is 0.194. The number of nitrogens with one attached hydrogen (secondary N) is 2. The Labute approximate surface area is 41.4 Å². The van der Waals surface area contributed by atoms with Gasteiger partial charge in [0, 0.05) is 12.4 Å². The highest BCUT2D eigenvalue weighted by atomic mass is 16.1. The molecule has 0 radical (unpaired) electrons. The highest BCUT2D eigenvalue weighted by molar-refractivity contribution is 5.58. The second-order valence-electron chi connectivity index (χ2n) is 1.28. The Kier molecular flexibility index (Phi) is 0.978. The molecule has 0 aromatic heterocycles. The van der Waals surface area contributed by atoms with Gasteiger partial charge in [-0.05, 0) is 0 Å². The summed E-state index contributed by atoms with van der Waals surface area (Å²) in [6, 6.07) is 0. The average Bonchev–Trinajstić information content (AvgIpc) is 2.14. The Morgan fingerprint density at radius 1 is 1.43 bits per heavy atom. The number of carbonyl (C=O) groups excluding carboxylic acids is 1. The molecule has 0 spiro atoms. The molecule has 3 heteroatoms. The van der Waals surface area contributed by atoms with Crippen molar-refractivity contribution in [2.24, 2.45) is 0 Å². The fourth-order valence-corrected chi connectivity index (χ4v) is 0.430. The minimum Gasteiger partial charge on any atom is -0.364 e. The average molecular weight is 98.1 g/mol. The minimum atomic E-state index is -0.194. The Bertz CT molecular complexity index is 91.9. The first-order chi connectivity index (χ1) is 3.43. The number of hydrogen-bond donors (Lipinski definition) is 2. The molecule has 0 bridgehead atoms. The summed E-state index contributed by atoms with van der Waals surface area (Å²) in [6.45, 7) is 0. The first-order valence-electron chi connectivity index (χ1n) is 2.06. The van der Waals surface area contributed by atoms with Gasteiger partial charge in [0.05, 0.1) is 0 Å². The molecular weight excluding hydrogens is 92.1 g/mol. The fourth-order valence-electron chi connectivity index (χ4n) is 0.430. The molecule has 0 fully saturated rings. The lowest BCUT2D eigenvalue weighted by molar-refractivity contribution is -0.109. The van der Waals surface area contributed by atoms with E-state index in [4.69, 9.17) is 0 Å². The lowest BCUT2D eigenvalue weighted by Gasteiger charge is -1.98. The van der Waals surface area contributed by atoms with Crippen LogP contribution in [-0.4, -0.2) is 12.5 Å². The fraction of sp³-hybridized carbons (Fsp3) is 0.250. The highest BCUT2D eigenvalue weighted by Gasteiger charge is 2.02. The predicted octanol–water partition coefficient (Wildman–Crippen LogP) is -0.825. The van der Waals surface area contributed by atoms with E-state index >= 15 is 0 Å². The molecule has 0 aromatic carbocycles. The predicted molar refractivity (Wildman–Crippen MR) is 25.3 cm³/mol. The van der Waals surface area contributed by atoms with Gasteiger partial charge in [-0.1, -0.05) is 0 Å². The molecular formula is C4H6N2O. The third-order valence-corrected chi connectivity index (χ3v) is 0.771. The summed E-state index contributed by atoms with van der Waals surface area (Å²) in [5.74, 6) is 0. The smallest absolute Gasteiger partial charge is 0.162 e. The third kappa shape index (κ3) is 0.707. The van der Waals surface area contributed by atoms with Crippen LogP contribution in [0.1, 0.15) is 0 Å². The second-order valence-corrected chi connectivity index (χ2v) is 1.28. The normalized spacial score (nSPS) is 18.3. The number of aldehydes is 1. The molecule has 0 aliphatic carbocycles. The molecule has 1 aliphatic heterocycles. The molecule has 0 amide bonds. The zero-order valence-electron chi connectivity index (χ0n) is 3.72. The summed E-state index contributed by atoms with van der Waals surface area (Å²) in [4.78, 5) is 9.84. The highest BCUT2D eigenvalue weighted by Crippen LogP contribution is 1.78. The monoisotopic (exact) mass is 98.0 g/mol. The van der Waals surface area contributed by atoms with Gasteiger partial charge >= 0.3 is 0 Å². The summed E-state index contributed by atoms with van der Waals surface area (Å²) in [5, 5.41) is 5.49. The van der Waals surface area contributed by atoms with Gasteiger partial charge in [-0.3, -0.25) is 4.79 Å². The van der Waals surface area contributed by atoms with E-state index in [0.717, 1.165) is 6.29 Å². The molecule has 0 atom stereocenters. The first kappa shape index (κ1) is 4.18. The molecule has 38 valence electrons. The summed E-state index contributed by atoms with van der Waals surface area (Å²) in [5.41, 5.74) is 0. The Hall–Kier alpha value is -0.990. The Morgan fingerprint density at radius 2 is 2.00 bits per heavy atom. The summed E-state index contributed by atoms with van der Waals surface area (Å²) >= 11 is 0. The van der Waals surface area contributed by atoms with Gasteiger partial charge in [-0.15, -0.1) is 0 Å². The van der Waals surface area contributed by atoms with Crippen molar-refractivity contribution in [3.05, 3.63) is 12.4 Å². The Balaban J connectivity index is 2.35. The van der Waals surface area contributed by atoms with Crippen LogP contribution >= 0.6 is 0 Å². The van der Waals surface area contributed by atoms with Crippen LogP contribution in [0.5, 0.6) is 0 Å². The lowest BCUT2D eigenvalue weighted by Crippen LogP contribution is -2.31. The maximum atomic E-state index is 9.84. The van der Waals surface area contributed by atoms with E-state index in [1.165, 1.54) is 0 Å². The SMILES string of the molecule is O=CC1NC=CN1. The van der Waals surface area contributed by atoms with Crippen LogP contribution in [0.2, 0.25) is 0 Å². The van der Waals surface area contributed by atoms with Crippen LogP contribution in [0, 0.1) is 0 Å². The maximum absolute atomic E-state index is 9.84. The lowest BCUT2D eigenvalue weighted by atomic mass is 10.6. The van der Waals surface area contributed by atoms with Gasteiger partial charge < -0.3 is 10.6 Å². The zero-order valence-corrected chi connectivity index (χ0v) is 3.72. The molecule has 1 aliphatic rings. The summed E-state index contributed by atoms with van der Waals surface area (Å²) in [7, 11) is 0. The van der Waals surface area contributed by atoms with E-state index in [2.05, 4.69) is 10.6 Å². The van der Waals surface area contributed by atoms with Crippen LogP contribution < -0.4 is 10.6 Å². The van der Waals surface area contributed by atoms with E-state index in [-0.39, 0.29) is 6.17 Å². The molecule has 2 N–H and O–H groups in total. The van der Waals surface area contributed by atoms with Crippen LogP contribution in [-0.2, 0) is 4.79 Å². The number of carbonyl (C=O) groups is 1. The van der Waals surface area contributed by atoms with Crippen molar-refractivity contribution in [3.63, 3.8) is 0 Å². The van der Waals surface area contributed by atoms with Crippen LogP contribution in [0.3, 0.4) is 0 Å². The standard InChI is InChI=1S/C4H6N2O/c7-3-4-5-1-2-6-4/h1-6H. The van der Waals surface area contributed by atoms with Crippen LogP contribution in [0.4, 0.5) is 0 Å². The second kappa shape index (κ2) is 1.64. The molecule has 7 heavy (non-hydrogen) atoms. The molecule has 1 heterocycles. The van der Waals surface area contributed by atoms with Crippen molar-refractivity contribution < 1.29 is 4.79 Å². The maximum Gasteiger partial charge on any atom is 0.162 e. The van der Waals surface area contributed by atoms with Crippen molar-refractivity contribution in [2.75, 3.05) is 0 Å².